The van der Waals surface area contributed by atoms with Crippen LogP contribution < -0.4 is 5.32 Å². The number of fused-ring (bicyclic) bond motifs is 1. The van der Waals surface area contributed by atoms with Gasteiger partial charge in [0.1, 0.15) is 5.69 Å². The van der Waals surface area contributed by atoms with E-state index in [9.17, 15) is 9.59 Å². The number of H-pyrrole nitrogens is 1. The highest BCUT2D eigenvalue weighted by Crippen LogP contribution is 2.28. The third kappa shape index (κ3) is 3.92. The number of hydrogen-bond acceptors (Lipinski definition) is 4. The molecule has 7 heteroatoms. The van der Waals surface area contributed by atoms with Crippen molar-refractivity contribution in [1.29, 1.82) is 0 Å². The molecule has 30 heavy (non-hydrogen) atoms. The predicted molar refractivity (Wildman–Crippen MR) is 116 cm³/mol. The van der Waals surface area contributed by atoms with E-state index in [1.807, 2.05) is 20.0 Å². The van der Waals surface area contributed by atoms with E-state index >= 15 is 0 Å². The van der Waals surface area contributed by atoms with E-state index in [1.165, 1.54) is 0 Å². The van der Waals surface area contributed by atoms with Crippen molar-refractivity contribution in [2.75, 3.05) is 7.05 Å². The Bertz CT molecular complexity index is 1070. The van der Waals surface area contributed by atoms with Crippen molar-refractivity contribution in [3.05, 3.63) is 47.9 Å². The third-order valence-corrected chi connectivity index (χ3v) is 6.04. The number of carbonyl (C=O) groups excluding carboxylic acids is 2. The van der Waals surface area contributed by atoms with Crippen LogP contribution in [0.2, 0.25) is 0 Å². The van der Waals surface area contributed by atoms with Crippen molar-refractivity contribution in [2.45, 2.75) is 51.6 Å². The second-order valence-electron chi connectivity index (χ2n) is 8.06. The highest BCUT2D eigenvalue weighted by atomic mass is 16.2. The summed E-state index contributed by atoms with van der Waals surface area (Å²) in [6, 6.07) is 8.15. The van der Waals surface area contributed by atoms with Crippen LogP contribution >= 0.6 is 0 Å². The molecule has 1 saturated carbocycles. The SMILES string of the molecule is CCC(=O)N[C@H]1CC[C@@H](N(C)C(=O)c2ccc(-c3cc4cn[nH]c4cc3C)cn2)C1. The topological polar surface area (TPSA) is 91.0 Å². The predicted octanol–water partition coefficient (Wildman–Crippen LogP) is 3.45. The van der Waals surface area contributed by atoms with Crippen molar-refractivity contribution >= 4 is 22.7 Å². The average Bonchev–Trinajstić information content (AvgIpc) is 3.41. The smallest absolute Gasteiger partial charge is 0.272 e. The lowest BCUT2D eigenvalue weighted by atomic mass is 10.00. The van der Waals surface area contributed by atoms with Crippen LogP contribution in [-0.4, -0.2) is 51.0 Å². The van der Waals surface area contributed by atoms with E-state index in [-0.39, 0.29) is 23.9 Å². The molecule has 2 heterocycles. The standard InChI is InChI=1S/C23H27N5O2/c1-4-22(29)26-17-6-7-18(11-17)28(3)23(30)20-8-5-15(12-24-20)19-10-16-13-25-27-21(16)9-14(19)2/h5,8-10,12-13,17-18H,4,6-7,11H2,1-3H3,(H,25,27)(H,26,29)/t17-,18+/m0/s1. The third-order valence-electron chi connectivity index (χ3n) is 6.04. The van der Waals surface area contributed by atoms with Gasteiger partial charge in [0.25, 0.3) is 5.91 Å². The van der Waals surface area contributed by atoms with Gasteiger partial charge >= 0.3 is 0 Å². The first-order valence-electron chi connectivity index (χ1n) is 10.4. The number of nitrogens with one attached hydrogen (secondary N) is 2. The molecule has 7 nitrogen and oxygen atoms in total. The van der Waals surface area contributed by atoms with E-state index in [4.69, 9.17) is 0 Å². The van der Waals surface area contributed by atoms with Crippen LogP contribution in [0.5, 0.6) is 0 Å². The van der Waals surface area contributed by atoms with Gasteiger partial charge in [-0.2, -0.15) is 5.10 Å². The summed E-state index contributed by atoms with van der Waals surface area (Å²) < 4.78 is 0. The Morgan fingerprint density at radius 2 is 2.07 bits per heavy atom. The maximum Gasteiger partial charge on any atom is 0.272 e. The molecule has 2 N–H and O–H groups in total. The number of pyridine rings is 1. The van der Waals surface area contributed by atoms with Crippen LogP contribution in [-0.2, 0) is 4.79 Å². The number of nitrogens with zero attached hydrogens (tertiary/aromatic N) is 3. The summed E-state index contributed by atoms with van der Waals surface area (Å²) in [7, 11) is 1.82. The number of aromatic amines is 1. The molecule has 0 aliphatic heterocycles. The molecule has 2 atom stereocenters. The minimum absolute atomic E-state index is 0.0655. The van der Waals surface area contributed by atoms with Crippen LogP contribution in [0.3, 0.4) is 0 Å². The Balaban J connectivity index is 1.46. The minimum atomic E-state index is -0.0870. The molecule has 1 aliphatic carbocycles. The Kier molecular flexibility index (Phi) is 5.53. The maximum atomic E-state index is 12.9. The minimum Gasteiger partial charge on any atom is -0.353 e. The van der Waals surface area contributed by atoms with Gasteiger partial charge in [0.2, 0.25) is 5.91 Å². The second kappa shape index (κ2) is 8.26. The van der Waals surface area contributed by atoms with Crippen molar-refractivity contribution in [2.24, 2.45) is 0 Å². The fraction of sp³-hybridized carbons (Fsp3) is 0.391. The summed E-state index contributed by atoms with van der Waals surface area (Å²) in [4.78, 5) is 30.8. The highest BCUT2D eigenvalue weighted by molar-refractivity contribution is 5.93. The van der Waals surface area contributed by atoms with Crippen LogP contribution in [0.1, 0.15) is 48.7 Å². The molecule has 0 unspecified atom stereocenters. The van der Waals surface area contributed by atoms with E-state index in [0.717, 1.165) is 46.9 Å². The molecule has 1 aliphatic rings. The Morgan fingerprint density at radius 3 is 2.80 bits per heavy atom. The number of rotatable bonds is 5. The molecule has 0 spiro atoms. The van der Waals surface area contributed by atoms with E-state index in [1.54, 1.807) is 23.4 Å². The first-order chi connectivity index (χ1) is 14.5. The van der Waals surface area contributed by atoms with Crippen molar-refractivity contribution in [1.82, 2.24) is 25.4 Å². The average molecular weight is 406 g/mol. The summed E-state index contributed by atoms with van der Waals surface area (Å²) in [5.74, 6) is -0.0215. The summed E-state index contributed by atoms with van der Waals surface area (Å²) in [6.45, 7) is 3.90. The summed E-state index contributed by atoms with van der Waals surface area (Å²) >= 11 is 0. The van der Waals surface area contributed by atoms with Crippen LogP contribution in [0, 0.1) is 6.92 Å². The van der Waals surface area contributed by atoms with Crippen molar-refractivity contribution in [3.63, 3.8) is 0 Å². The fourth-order valence-electron chi connectivity index (χ4n) is 4.21. The lowest BCUT2D eigenvalue weighted by molar-refractivity contribution is -0.121. The zero-order valence-corrected chi connectivity index (χ0v) is 17.6. The van der Waals surface area contributed by atoms with Gasteiger partial charge in [-0.1, -0.05) is 13.0 Å². The monoisotopic (exact) mass is 405 g/mol. The molecular formula is C23H27N5O2. The van der Waals surface area contributed by atoms with Gasteiger partial charge in [0, 0.05) is 42.7 Å². The number of aryl methyl sites for hydroxylation is 1. The Labute approximate surface area is 175 Å². The number of amides is 2. The number of benzene rings is 1. The number of aromatic nitrogens is 3. The molecule has 0 bridgehead atoms. The molecule has 1 fully saturated rings. The molecule has 0 radical (unpaired) electrons. The molecular weight excluding hydrogens is 378 g/mol. The molecule has 2 amide bonds. The Morgan fingerprint density at radius 1 is 1.23 bits per heavy atom. The summed E-state index contributed by atoms with van der Waals surface area (Å²) in [5, 5.41) is 11.1. The van der Waals surface area contributed by atoms with E-state index < -0.39 is 0 Å². The zero-order chi connectivity index (χ0) is 21.3. The quantitative estimate of drug-likeness (QED) is 0.680. The highest BCUT2D eigenvalue weighted by Gasteiger charge is 2.31. The van der Waals surface area contributed by atoms with Gasteiger partial charge in [-0.3, -0.25) is 19.7 Å². The molecule has 4 rings (SSSR count). The normalized spacial score (nSPS) is 18.5. The van der Waals surface area contributed by atoms with Gasteiger partial charge in [-0.25, -0.2) is 0 Å². The molecule has 156 valence electrons. The first kappa shape index (κ1) is 20.1. The molecule has 2 aromatic heterocycles. The maximum absolute atomic E-state index is 12.9. The fourth-order valence-corrected chi connectivity index (χ4v) is 4.21. The largest absolute Gasteiger partial charge is 0.353 e. The lowest BCUT2D eigenvalue weighted by Gasteiger charge is -2.24. The number of hydrogen-bond donors (Lipinski definition) is 2. The Hall–Kier alpha value is -3.22. The van der Waals surface area contributed by atoms with Gasteiger partial charge in [0.15, 0.2) is 0 Å². The molecule has 1 aromatic carbocycles. The molecule has 0 saturated heterocycles. The molecule has 3 aromatic rings. The van der Waals surface area contributed by atoms with Gasteiger partial charge in [-0.15, -0.1) is 0 Å². The van der Waals surface area contributed by atoms with Crippen molar-refractivity contribution in [3.8, 4) is 11.1 Å². The van der Waals surface area contributed by atoms with E-state index in [2.05, 4.69) is 39.6 Å². The van der Waals surface area contributed by atoms with Gasteiger partial charge < -0.3 is 10.2 Å². The number of carbonyl (C=O) groups is 2. The van der Waals surface area contributed by atoms with Crippen LogP contribution in [0.25, 0.3) is 22.0 Å². The van der Waals surface area contributed by atoms with Crippen LogP contribution in [0.4, 0.5) is 0 Å². The zero-order valence-electron chi connectivity index (χ0n) is 17.6. The summed E-state index contributed by atoms with van der Waals surface area (Å²) in [5.41, 5.74) is 4.61. The van der Waals surface area contributed by atoms with Crippen LogP contribution in [0.15, 0.2) is 36.7 Å². The van der Waals surface area contributed by atoms with Gasteiger partial charge in [0.05, 0.1) is 11.7 Å². The second-order valence-corrected chi connectivity index (χ2v) is 8.06. The lowest BCUT2D eigenvalue weighted by Crippen LogP contribution is -2.38. The van der Waals surface area contributed by atoms with Crippen molar-refractivity contribution < 1.29 is 9.59 Å². The first-order valence-corrected chi connectivity index (χ1v) is 10.4. The van der Waals surface area contributed by atoms with Gasteiger partial charge in [-0.05, 0) is 55.5 Å². The van der Waals surface area contributed by atoms with E-state index in [0.29, 0.717) is 12.1 Å². The summed E-state index contributed by atoms with van der Waals surface area (Å²) in [6.07, 6.45) is 6.62.